The fourth-order valence-electron chi connectivity index (χ4n) is 2.73. The van der Waals surface area contributed by atoms with Crippen LogP contribution in [0, 0.1) is 17.1 Å². The van der Waals surface area contributed by atoms with Crippen LogP contribution >= 0.6 is 0 Å². The number of amides is 2. The minimum Gasteiger partial charge on any atom is -0.444 e. The van der Waals surface area contributed by atoms with Crippen molar-refractivity contribution in [2.24, 2.45) is 0 Å². The molecule has 0 aliphatic carbocycles. The lowest BCUT2D eigenvalue weighted by molar-refractivity contribution is -0.115. The molecular formula is C18H23FN4O3. The number of carbonyl (C=O) groups excluding carboxylic acids is 2. The number of nitriles is 1. The molecule has 0 aromatic heterocycles. The zero-order valence-electron chi connectivity index (χ0n) is 15.1. The van der Waals surface area contributed by atoms with Crippen LogP contribution in [0.2, 0.25) is 0 Å². The van der Waals surface area contributed by atoms with E-state index in [1.165, 1.54) is 6.07 Å². The van der Waals surface area contributed by atoms with E-state index in [4.69, 9.17) is 10.00 Å². The number of nitrogens with one attached hydrogen (secondary N) is 2. The van der Waals surface area contributed by atoms with Gasteiger partial charge in [-0.15, -0.1) is 0 Å². The molecule has 0 bridgehead atoms. The molecule has 1 saturated heterocycles. The largest absolute Gasteiger partial charge is 0.444 e. The maximum atomic E-state index is 14.2. The standard InChI is InChI=1S/C18H23FN4O3/c1-18(2,3)26-17(25)21-12-8-10-23(11-12)14-6-4-5-13(19)16(14)22-15(24)7-9-20/h4-6,12H,7-8,10-11H2,1-3H3,(H,21,25)(H,22,24). The first-order chi connectivity index (χ1) is 12.2. The Balaban J connectivity index is 2.06. The van der Waals surface area contributed by atoms with Gasteiger partial charge >= 0.3 is 6.09 Å². The summed E-state index contributed by atoms with van der Waals surface area (Å²) < 4.78 is 19.4. The van der Waals surface area contributed by atoms with Crippen LogP contribution in [-0.4, -0.2) is 36.7 Å². The SMILES string of the molecule is CC(C)(C)OC(=O)NC1CCN(c2cccc(F)c2NC(=O)CC#N)C1. The Morgan fingerprint density at radius 2 is 2.15 bits per heavy atom. The first kappa shape index (κ1) is 19.5. The van der Waals surface area contributed by atoms with E-state index in [-0.39, 0.29) is 18.2 Å². The van der Waals surface area contributed by atoms with Crippen LogP contribution in [0.15, 0.2) is 18.2 Å². The highest BCUT2D eigenvalue weighted by atomic mass is 19.1. The van der Waals surface area contributed by atoms with E-state index in [2.05, 4.69) is 10.6 Å². The fraction of sp³-hybridized carbons (Fsp3) is 0.500. The van der Waals surface area contributed by atoms with Crippen LogP contribution in [0.5, 0.6) is 0 Å². The summed E-state index contributed by atoms with van der Waals surface area (Å²) in [6.45, 7) is 6.41. The number of para-hydroxylation sites is 1. The summed E-state index contributed by atoms with van der Waals surface area (Å²) in [6, 6.07) is 6.09. The van der Waals surface area contributed by atoms with Gasteiger partial charge in [-0.25, -0.2) is 9.18 Å². The third kappa shape index (κ3) is 5.34. The normalized spacial score (nSPS) is 16.7. The lowest BCUT2D eigenvalue weighted by Crippen LogP contribution is -2.40. The molecular weight excluding hydrogens is 339 g/mol. The summed E-state index contributed by atoms with van der Waals surface area (Å²) in [5, 5.41) is 13.9. The molecule has 1 aliphatic rings. The van der Waals surface area contributed by atoms with Gasteiger partial charge in [-0.05, 0) is 39.3 Å². The van der Waals surface area contributed by atoms with E-state index in [1.807, 2.05) is 4.90 Å². The number of alkyl carbamates (subject to hydrolysis) is 1. The summed E-state index contributed by atoms with van der Waals surface area (Å²) >= 11 is 0. The Kier molecular flexibility index (Phi) is 6.03. The van der Waals surface area contributed by atoms with E-state index in [1.54, 1.807) is 39.0 Å². The summed E-state index contributed by atoms with van der Waals surface area (Å²) in [5.74, 6) is -1.14. The molecule has 0 saturated carbocycles. The van der Waals surface area contributed by atoms with Gasteiger partial charge < -0.3 is 20.3 Å². The van der Waals surface area contributed by atoms with E-state index in [9.17, 15) is 14.0 Å². The first-order valence-corrected chi connectivity index (χ1v) is 8.39. The molecule has 1 unspecified atom stereocenters. The number of hydrogen-bond donors (Lipinski definition) is 2. The van der Waals surface area contributed by atoms with E-state index < -0.39 is 23.4 Å². The molecule has 26 heavy (non-hydrogen) atoms. The van der Waals surface area contributed by atoms with Crippen molar-refractivity contribution in [3.05, 3.63) is 24.0 Å². The second-order valence-corrected chi connectivity index (χ2v) is 7.09. The van der Waals surface area contributed by atoms with Crippen molar-refractivity contribution < 1.29 is 18.7 Å². The van der Waals surface area contributed by atoms with Gasteiger partial charge in [0.15, 0.2) is 0 Å². The maximum absolute atomic E-state index is 14.2. The lowest BCUT2D eigenvalue weighted by atomic mass is 10.2. The number of rotatable bonds is 4. The number of anilines is 2. The van der Waals surface area contributed by atoms with Crippen molar-refractivity contribution in [1.82, 2.24) is 5.32 Å². The summed E-state index contributed by atoms with van der Waals surface area (Å²) in [4.78, 5) is 25.5. The van der Waals surface area contributed by atoms with Gasteiger partial charge in [0.05, 0.1) is 17.8 Å². The second kappa shape index (κ2) is 8.04. The van der Waals surface area contributed by atoms with Crippen LogP contribution in [0.1, 0.15) is 33.6 Å². The maximum Gasteiger partial charge on any atom is 0.407 e. The van der Waals surface area contributed by atoms with Crippen molar-refractivity contribution in [1.29, 1.82) is 5.26 Å². The minimum absolute atomic E-state index is 0.0469. The predicted molar refractivity (Wildman–Crippen MR) is 95.2 cm³/mol. The highest BCUT2D eigenvalue weighted by Gasteiger charge is 2.28. The molecule has 8 heteroatoms. The van der Waals surface area contributed by atoms with Gasteiger partial charge in [0.2, 0.25) is 5.91 Å². The predicted octanol–water partition coefficient (Wildman–Crippen LogP) is 2.78. The fourth-order valence-corrected chi connectivity index (χ4v) is 2.73. The number of benzene rings is 1. The Bertz CT molecular complexity index is 724. The van der Waals surface area contributed by atoms with Crippen LogP contribution in [-0.2, 0) is 9.53 Å². The van der Waals surface area contributed by atoms with Gasteiger partial charge in [-0.2, -0.15) is 5.26 Å². The third-order valence-corrected chi connectivity index (χ3v) is 3.75. The number of nitrogens with zero attached hydrogens (tertiary/aromatic N) is 2. The highest BCUT2D eigenvalue weighted by molar-refractivity contribution is 5.95. The smallest absolute Gasteiger partial charge is 0.407 e. The molecule has 1 aliphatic heterocycles. The minimum atomic E-state index is -0.580. The van der Waals surface area contributed by atoms with E-state index in [0.717, 1.165) is 0 Å². The van der Waals surface area contributed by atoms with Crippen molar-refractivity contribution >= 4 is 23.4 Å². The molecule has 0 spiro atoms. The average molecular weight is 362 g/mol. The monoisotopic (exact) mass is 362 g/mol. The highest BCUT2D eigenvalue weighted by Crippen LogP contribution is 2.31. The van der Waals surface area contributed by atoms with Gasteiger partial charge in [0, 0.05) is 13.1 Å². The molecule has 140 valence electrons. The van der Waals surface area contributed by atoms with Gasteiger partial charge in [-0.1, -0.05) is 6.07 Å². The summed E-state index contributed by atoms with van der Waals surface area (Å²) in [7, 11) is 0. The average Bonchev–Trinajstić information content (AvgIpc) is 2.95. The van der Waals surface area contributed by atoms with Gasteiger partial charge in [-0.3, -0.25) is 4.79 Å². The lowest BCUT2D eigenvalue weighted by Gasteiger charge is -2.24. The molecule has 2 rings (SSSR count). The zero-order chi connectivity index (χ0) is 19.3. The quantitative estimate of drug-likeness (QED) is 0.859. The Morgan fingerprint density at radius 1 is 1.42 bits per heavy atom. The number of halogens is 1. The van der Waals surface area contributed by atoms with Crippen molar-refractivity contribution in [2.45, 2.75) is 45.3 Å². The van der Waals surface area contributed by atoms with Crippen LogP contribution < -0.4 is 15.5 Å². The number of carbonyl (C=O) groups is 2. The summed E-state index contributed by atoms with van der Waals surface area (Å²) in [5.41, 5.74) is -0.0150. The van der Waals surface area contributed by atoms with Crippen LogP contribution in [0.25, 0.3) is 0 Å². The number of hydrogen-bond acceptors (Lipinski definition) is 5. The van der Waals surface area contributed by atoms with Gasteiger partial charge in [0.1, 0.15) is 23.5 Å². The van der Waals surface area contributed by atoms with Crippen molar-refractivity contribution in [3.63, 3.8) is 0 Å². The number of ether oxygens (including phenoxy) is 1. The van der Waals surface area contributed by atoms with Crippen LogP contribution in [0.3, 0.4) is 0 Å². The first-order valence-electron chi connectivity index (χ1n) is 8.39. The van der Waals surface area contributed by atoms with Crippen molar-refractivity contribution in [2.75, 3.05) is 23.3 Å². The summed E-state index contributed by atoms with van der Waals surface area (Å²) in [6.07, 6.45) is -0.177. The molecule has 2 N–H and O–H groups in total. The van der Waals surface area contributed by atoms with Crippen molar-refractivity contribution in [3.8, 4) is 6.07 Å². The molecule has 2 amide bonds. The van der Waals surface area contributed by atoms with Gasteiger partial charge in [0.25, 0.3) is 0 Å². The van der Waals surface area contributed by atoms with Crippen LogP contribution in [0.4, 0.5) is 20.6 Å². The molecule has 7 nitrogen and oxygen atoms in total. The molecule has 0 radical (unpaired) electrons. The zero-order valence-corrected chi connectivity index (χ0v) is 15.1. The topological polar surface area (TPSA) is 94.5 Å². The van der Waals surface area contributed by atoms with E-state index in [0.29, 0.717) is 25.2 Å². The molecule has 1 heterocycles. The van der Waals surface area contributed by atoms with E-state index >= 15 is 0 Å². The Labute approximate surface area is 152 Å². The molecule has 1 atom stereocenters. The Morgan fingerprint density at radius 3 is 2.81 bits per heavy atom. The molecule has 1 aromatic rings. The third-order valence-electron chi connectivity index (χ3n) is 3.75. The molecule has 1 aromatic carbocycles. The Hall–Kier alpha value is -2.82. The second-order valence-electron chi connectivity index (χ2n) is 7.09. The molecule has 1 fully saturated rings.